The van der Waals surface area contributed by atoms with Crippen LogP contribution in [0.25, 0.3) is 0 Å². The molecule has 40 heavy (non-hydrogen) atoms. The number of hydrogen-bond acceptors (Lipinski definition) is 6. The molecule has 0 radical (unpaired) electrons. The molecule has 1 aliphatic rings. The van der Waals surface area contributed by atoms with Gasteiger partial charge in [-0.2, -0.15) is 0 Å². The maximum Gasteiger partial charge on any atom is 0.248 e. The first kappa shape index (κ1) is 29.4. The molecule has 4 rings (SSSR count). The van der Waals surface area contributed by atoms with E-state index in [0.29, 0.717) is 22.0 Å². The summed E-state index contributed by atoms with van der Waals surface area (Å²) in [6, 6.07) is 14.6. The van der Waals surface area contributed by atoms with Gasteiger partial charge in [-0.3, -0.25) is 23.5 Å². The van der Waals surface area contributed by atoms with E-state index < -0.39 is 46.0 Å². The summed E-state index contributed by atoms with van der Waals surface area (Å²) in [5.41, 5.74) is 0.794. The molecule has 1 aromatic heterocycles. The van der Waals surface area contributed by atoms with Gasteiger partial charge in [0.25, 0.3) is 0 Å². The van der Waals surface area contributed by atoms with Crippen LogP contribution in [0.15, 0.2) is 66.0 Å². The zero-order valence-electron chi connectivity index (χ0n) is 22.1. The number of methoxy groups -OCH3 is 1. The first-order chi connectivity index (χ1) is 19.3. The summed E-state index contributed by atoms with van der Waals surface area (Å²) in [6.45, 7) is 0. The molecule has 0 unspecified atom stereocenters. The van der Waals surface area contributed by atoms with Crippen molar-refractivity contribution < 1.29 is 27.7 Å². The van der Waals surface area contributed by atoms with E-state index in [2.05, 4.69) is 10.6 Å². The number of rotatable bonds is 11. The van der Waals surface area contributed by atoms with Crippen molar-refractivity contribution in [2.45, 2.75) is 44.2 Å². The Labute approximate surface area is 239 Å². The Balaban J connectivity index is 1.56. The summed E-state index contributed by atoms with van der Waals surface area (Å²) in [5, 5.41) is 7.53. The first-order valence-electron chi connectivity index (χ1n) is 13.0. The van der Waals surface area contributed by atoms with Gasteiger partial charge in [0.15, 0.2) is 0 Å². The summed E-state index contributed by atoms with van der Waals surface area (Å²) in [5.74, 6) is -2.21. The van der Waals surface area contributed by atoms with Crippen LogP contribution in [0.4, 0.5) is 15.8 Å². The summed E-state index contributed by atoms with van der Waals surface area (Å²) in [6.07, 6.45) is 4.97. The van der Waals surface area contributed by atoms with Crippen molar-refractivity contribution in [3.05, 3.63) is 76.7 Å². The van der Waals surface area contributed by atoms with Crippen LogP contribution in [0, 0.1) is 5.82 Å². The van der Waals surface area contributed by atoms with Crippen molar-refractivity contribution in [3.8, 4) is 5.75 Å². The largest absolute Gasteiger partial charge is 0.497 e. The summed E-state index contributed by atoms with van der Waals surface area (Å²) >= 11 is 1.36. The second kappa shape index (κ2) is 14.2. The number of halogens is 1. The third-order valence-electron chi connectivity index (χ3n) is 6.59. The van der Waals surface area contributed by atoms with Crippen molar-refractivity contribution in [3.63, 3.8) is 0 Å². The lowest BCUT2D eigenvalue weighted by molar-refractivity contribution is -0.126. The Hall–Kier alpha value is -3.57. The molecular weight excluding hydrogens is 553 g/mol. The van der Waals surface area contributed by atoms with Gasteiger partial charge in [-0.15, -0.1) is 11.3 Å². The molecule has 3 aromatic rings. The van der Waals surface area contributed by atoms with Gasteiger partial charge in [-0.1, -0.05) is 25.3 Å². The number of hydrogen-bond donors (Lipinski definition) is 2. The molecule has 0 saturated heterocycles. The zero-order chi connectivity index (χ0) is 28.5. The minimum Gasteiger partial charge on any atom is -0.497 e. The number of ether oxygens (including phenoxy) is 1. The minimum atomic E-state index is -1.87. The van der Waals surface area contributed by atoms with Crippen molar-refractivity contribution in [1.29, 1.82) is 0 Å². The van der Waals surface area contributed by atoms with Crippen LogP contribution in [-0.4, -0.2) is 46.6 Å². The van der Waals surface area contributed by atoms with Crippen molar-refractivity contribution in [1.82, 2.24) is 5.32 Å². The van der Waals surface area contributed by atoms with Crippen molar-refractivity contribution in [2.75, 3.05) is 28.8 Å². The van der Waals surface area contributed by atoms with Gasteiger partial charge in [0, 0.05) is 33.1 Å². The molecular formula is C29H32FN3O5S2. The van der Waals surface area contributed by atoms with Gasteiger partial charge in [-0.05, 0) is 72.8 Å². The highest BCUT2D eigenvalue weighted by molar-refractivity contribution is 7.86. The Kier molecular flexibility index (Phi) is 10.4. The van der Waals surface area contributed by atoms with Crippen LogP contribution in [0.1, 0.15) is 43.0 Å². The van der Waals surface area contributed by atoms with E-state index in [-0.39, 0.29) is 11.9 Å². The predicted molar refractivity (Wildman–Crippen MR) is 155 cm³/mol. The quantitative estimate of drug-likeness (QED) is 0.336. The average Bonchev–Trinajstić information content (AvgIpc) is 3.47. The number of nitrogens with one attached hydrogen (secondary N) is 2. The molecule has 1 aliphatic carbocycles. The molecule has 212 valence electrons. The molecule has 2 atom stereocenters. The normalized spacial score (nSPS) is 15.1. The van der Waals surface area contributed by atoms with Crippen LogP contribution < -0.4 is 20.3 Å². The van der Waals surface area contributed by atoms with Gasteiger partial charge in [0.05, 0.1) is 7.11 Å². The summed E-state index contributed by atoms with van der Waals surface area (Å²) in [7, 11) is -0.340. The fourth-order valence-corrected chi connectivity index (χ4v) is 6.36. The van der Waals surface area contributed by atoms with Gasteiger partial charge >= 0.3 is 0 Å². The number of thiophene rings is 1. The fraction of sp³-hybridized carbons (Fsp3) is 0.345. The van der Waals surface area contributed by atoms with Crippen molar-refractivity contribution >= 4 is 51.2 Å². The second-order valence-corrected chi connectivity index (χ2v) is 11.9. The van der Waals surface area contributed by atoms with E-state index in [1.54, 1.807) is 30.3 Å². The van der Waals surface area contributed by atoms with Crippen LogP contribution in [0.5, 0.6) is 5.75 Å². The number of carbonyl (C=O) groups is 3. The molecule has 0 spiro atoms. The molecule has 2 aromatic carbocycles. The molecule has 0 bridgehead atoms. The number of carbonyl (C=O) groups excluding carboxylic acids is 3. The van der Waals surface area contributed by atoms with E-state index in [1.165, 1.54) is 47.6 Å². The van der Waals surface area contributed by atoms with Crippen LogP contribution in [0.3, 0.4) is 0 Å². The summed E-state index contributed by atoms with van der Waals surface area (Å²) < 4.78 is 31.4. The summed E-state index contributed by atoms with van der Waals surface area (Å²) in [4.78, 5) is 42.0. The number of benzene rings is 2. The topological polar surface area (TPSA) is 105 Å². The van der Waals surface area contributed by atoms with E-state index in [0.717, 1.165) is 32.1 Å². The Morgan fingerprint density at radius 1 is 1.02 bits per heavy atom. The van der Waals surface area contributed by atoms with Gasteiger partial charge in [0.2, 0.25) is 17.7 Å². The van der Waals surface area contributed by atoms with Gasteiger partial charge in [0.1, 0.15) is 29.1 Å². The maximum atomic E-state index is 13.8. The highest BCUT2D eigenvalue weighted by Crippen LogP contribution is 2.32. The highest BCUT2D eigenvalue weighted by Gasteiger charge is 2.35. The van der Waals surface area contributed by atoms with Crippen LogP contribution >= 0.6 is 11.3 Å². The monoisotopic (exact) mass is 585 g/mol. The molecule has 1 saturated carbocycles. The maximum absolute atomic E-state index is 13.8. The predicted octanol–water partition coefficient (Wildman–Crippen LogP) is 4.81. The Morgan fingerprint density at radius 2 is 1.73 bits per heavy atom. The van der Waals surface area contributed by atoms with E-state index in [9.17, 15) is 23.0 Å². The van der Waals surface area contributed by atoms with E-state index in [4.69, 9.17) is 4.74 Å². The molecule has 1 fully saturated rings. The lowest BCUT2D eigenvalue weighted by Crippen LogP contribution is -2.48. The van der Waals surface area contributed by atoms with Gasteiger partial charge in [-0.25, -0.2) is 4.39 Å². The number of anilines is 2. The number of nitrogens with zero attached hydrogens (tertiary/aromatic N) is 1. The third kappa shape index (κ3) is 7.98. The molecule has 11 heteroatoms. The van der Waals surface area contributed by atoms with Crippen molar-refractivity contribution in [2.24, 2.45) is 0 Å². The fourth-order valence-electron chi connectivity index (χ4n) is 4.66. The smallest absolute Gasteiger partial charge is 0.248 e. The van der Waals surface area contributed by atoms with Crippen LogP contribution in [-0.2, 0) is 25.2 Å². The molecule has 3 amide bonds. The van der Waals surface area contributed by atoms with Crippen LogP contribution in [0.2, 0.25) is 0 Å². The molecule has 2 N–H and O–H groups in total. The van der Waals surface area contributed by atoms with E-state index >= 15 is 0 Å². The first-order valence-corrected chi connectivity index (χ1v) is 15.4. The Morgan fingerprint density at radius 3 is 2.35 bits per heavy atom. The molecule has 8 nitrogen and oxygen atoms in total. The lowest BCUT2D eigenvalue weighted by Gasteiger charge is -2.32. The standard InChI is InChI=1S/C29H32FN3O5S2/c1-38-24-15-13-23(14-16-24)33(27(35)19-40(37)18-26(34)31-22-11-9-20(30)10-12-22)28(25-8-5-17-39-25)29(36)32-21-6-3-2-4-7-21/h5,8-17,21,28H,2-4,6-7,18-19H2,1H3,(H,31,34)(H,32,36)/t28-,40+/m1/s1. The third-order valence-corrected chi connectivity index (χ3v) is 8.67. The zero-order valence-corrected chi connectivity index (χ0v) is 23.8. The second-order valence-electron chi connectivity index (χ2n) is 9.51. The minimum absolute atomic E-state index is 0.0285. The molecule has 1 heterocycles. The Bertz CT molecular complexity index is 1310. The van der Waals surface area contributed by atoms with Gasteiger partial charge < -0.3 is 15.4 Å². The molecule has 0 aliphatic heterocycles. The number of amides is 3. The highest BCUT2D eigenvalue weighted by atomic mass is 32.2. The average molecular weight is 586 g/mol. The SMILES string of the molecule is COc1ccc(N(C(=O)C[S@@](=O)CC(=O)Nc2ccc(F)cc2)[C@@H](C(=O)NC2CCCCC2)c2cccs2)cc1. The van der Waals surface area contributed by atoms with E-state index in [1.807, 2.05) is 11.4 Å². The lowest BCUT2D eigenvalue weighted by atomic mass is 9.95.